The maximum Gasteiger partial charge on any atom is 0.303 e. The normalized spacial score (nSPS) is 37.5. The molecule has 18 N–H and O–H groups in total. The summed E-state index contributed by atoms with van der Waals surface area (Å²) in [5, 5.41) is 93.3. The first-order valence-electron chi connectivity index (χ1n) is 19.1. The zero-order valence-electron chi connectivity index (χ0n) is 31.1. The number of nitrogens with two attached hydrogens (primary N) is 4. The Morgan fingerprint density at radius 1 is 0.759 bits per heavy atom. The molecule has 2 unspecified atom stereocenters. The first-order valence-corrected chi connectivity index (χ1v) is 19.1. The highest BCUT2D eigenvalue weighted by atomic mass is 16.7. The predicted octanol–water partition coefficient (Wildman–Crippen LogP) is -4.43. The fourth-order valence-electron chi connectivity index (χ4n) is 6.65. The van der Waals surface area contributed by atoms with Gasteiger partial charge in [0.05, 0.1) is 18.7 Å². The molecule has 3 rings (SSSR count). The Kier molecular flexibility index (Phi) is 22.3. The molecule has 318 valence electrons. The Morgan fingerprint density at radius 3 is 1.87 bits per heavy atom. The molecule has 54 heavy (non-hydrogen) atoms. The van der Waals surface area contributed by atoms with Gasteiger partial charge in [-0.05, 0) is 25.8 Å². The molecule has 2 heterocycles. The number of hydrogen-bond acceptors (Lipinski definition) is 18. The Bertz CT molecular complexity index is 1070. The van der Waals surface area contributed by atoms with Gasteiger partial charge < -0.3 is 93.2 Å². The molecule has 0 radical (unpaired) electrons. The molecule has 0 aromatic rings. The second-order valence-electron chi connectivity index (χ2n) is 14.3. The van der Waals surface area contributed by atoms with E-state index in [0.717, 1.165) is 12.8 Å². The smallest absolute Gasteiger partial charge is 0.303 e. The van der Waals surface area contributed by atoms with Crippen molar-refractivity contribution >= 4 is 11.9 Å². The highest BCUT2D eigenvalue weighted by molar-refractivity contribution is 5.80. The average molecular weight is 786 g/mol. The van der Waals surface area contributed by atoms with Crippen LogP contribution in [0.3, 0.4) is 0 Å². The number of rotatable bonds is 20. The number of carbonyl (C=O) groups excluding carboxylic acids is 1. The number of hydrogen-bond donors (Lipinski definition) is 14. The van der Waals surface area contributed by atoms with E-state index in [9.17, 15) is 50.4 Å². The van der Waals surface area contributed by atoms with Crippen LogP contribution in [0.2, 0.25) is 0 Å². The van der Waals surface area contributed by atoms with Gasteiger partial charge in [0, 0.05) is 19.0 Å². The Labute approximate surface area is 316 Å². The molecule has 1 amide bonds. The minimum atomic E-state index is -1.76. The zero-order chi connectivity index (χ0) is 40.5. The predicted molar refractivity (Wildman–Crippen MR) is 191 cm³/mol. The highest BCUT2D eigenvalue weighted by Gasteiger charge is 2.52. The van der Waals surface area contributed by atoms with Gasteiger partial charge >= 0.3 is 5.97 Å². The molecule has 0 aromatic heterocycles. The third kappa shape index (κ3) is 14.4. The molecule has 0 spiro atoms. The van der Waals surface area contributed by atoms with Crippen LogP contribution in [-0.2, 0) is 28.5 Å². The molecular formula is C34H67N5O15. The lowest BCUT2D eigenvalue weighted by atomic mass is 9.83. The standard InChI is InChI=1S/C22H43N5O13.C12H24O2/c23-2-1-8(29)20(36)27-7-3-6(25)18(39-22-16(34)15(33)13(31)9(4-24)37-22)17(35)19(7)40-21-14(32)11(26)12(30)10(5-28)38-21;1-2-3-4-5-6-7-8-9-10-11-12(13)14/h6-19,21-22,28-35H,1-5,23-26H2,(H,27,36);2-11H2,1H3,(H,13,14)/t6-,7+,8-,9+,10+,11-,12+,13+,14+,15-,16+,17-,18+,19-,21?,22?;/m0./s1. The van der Waals surface area contributed by atoms with Crippen LogP contribution >= 0.6 is 0 Å². The van der Waals surface area contributed by atoms with Gasteiger partial charge in [-0.3, -0.25) is 9.59 Å². The van der Waals surface area contributed by atoms with Crippen LogP contribution in [0.1, 0.15) is 84.0 Å². The number of nitrogens with one attached hydrogen (secondary N) is 1. The lowest BCUT2D eigenvalue weighted by Gasteiger charge is -2.49. The summed E-state index contributed by atoms with van der Waals surface area (Å²) < 4.78 is 22.5. The van der Waals surface area contributed by atoms with E-state index in [1.54, 1.807) is 0 Å². The molecule has 2 saturated heterocycles. The van der Waals surface area contributed by atoms with Gasteiger partial charge in [-0.15, -0.1) is 0 Å². The van der Waals surface area contributed by atoms with Crippen LogP contribution in [0.4, 0.5) is 0 Å². The van der Waals surface area contributed by atoms with Crippen molar-refractivity contribution in [2.75, 3.05) is 19.7 Å². The van der Waals surface area contributed by atoms with Crippen molar-refractivity contribution in [3.8, 4) is 0 Å². The second-order valence-corrected chi connectivity index (χ2v) is 14.3. The van der Waals surface area contributed by atoms with Crippen LogP contribution in [0.5, 0.6) is 0 Å². The van der Waals surface area contributed by atoms with Gasteiger partial charge in [0.2, 0.25) is 5.91 Å². The van der Waals surface area contributed by atoms with Gasteiger partial charge in [0.1, 0.15) is 67.1 Å². The number of carboxylic acid groups (broad SMARTS) is 1. The Hall–Kier alpha value is -1.70. The number of aliphatic hydroxyl groups excluding tert-OH is 8. The number of aliphatic carboxylic acids is 1. The third-order valence-corrected chi connectivity index (χ3v) is 10.0. The van der Waals surface area contributed by atoms with Gasteiger partial charge in [0.25, 0.3) is 0 Å². The lowest BCUT2D eigenvalue weighted by Crippen LogP contribution is -2.69. The molecule has 1 aliphatic carbocycles. The first-order chi connectivity index (χ1) is 25.6. The molecule has 0 bridgehead atoms. The topological polar surface area (TPSA) is 369 Å². The number of ether oxygens (including phenoxy) is 4. The molecular weight excluding hydrogens is 718 g/mol. The minimum absolute atomic E-state index is 0.0101. The van der Waals surface area contributed by atoms with E-state index in [1.165, 1.54) is 44.9 Å². The SMILES string of the molecule is CCCCCCCCCCCC(=O)O.NCC[C@H](O)C(=O)N[C@@H]1C[C@H](N)[C@@H](OC2O[C@H](CN)[C@@H](O)[C@H](O)[C@H]2O)[C@H](O)[C@H]1OC1O[C@H](CO)[C@@H](O)[C@H](N)[C@H]1O. The zero-order valence-corrected chi connectivity index (χ0v) is 31.1. The van der Waals surface area contributed by atoms with E-state index in [0.29, 0.717) is 6.42 Å². The minimum Gasteiger partial charge on any atom is -0.481 e. The van der Waals surface area contributed by atoms with Crippen LogP contribution in [0.15, 0.2) is 0 Å². The van der Waals surface area contributed by atoms with Crippen molar-refractivity contribution in [1.82, 2.24) is 5.32 Å². The van der Waals surface area contributed by atoms with Crippen molar-refractivity contribution in [3.05, 3.63) is 0 Å². The van der Waals surface area contributed by atoms with Crippen molar-refractivity contribution in [2.45, 2.75) is 182 Å². The lowest BCUT2D eigenvalue weighted by molar-refractivity contribution is -0.332. The number of carboxylic acids is 1. The van der Waals surface area contributed by atoms with Crippen LogP contribution in [0, 0.1) is 0 Å². The van der Waals surface area contributed by atoms with Gasteiger partial charge in [-0.2, -0.15) is 0 Å². The maximum atomic E-state index is 12.6. The summed E-state index contributed by atoms with van der Waals surface area (Å²) in [6.07, 6.45) is -8.34. The fourth-order valence-corrected chi connectivity index (χ4v) is 6.65. The van der Waals surface area contributed by atoms with Crippen LogP contribution < -0.4 is 28.3 Å². The summed E-state index contributed by atoms with van der Waals surface area (Å²) in [4.78, 5) is 22.8. The summed E-state index contributed by atoms with van der Waals surface area (Å²) in [5.74, 6) is -1.50. The molecule has 2 aliphatic heterocycles. The molecule has 3 fully saturated rings. The summed E-state index contributed by atoms with van der Waals surface area (Å²) in [5.41, 5.74) is 23.1. The Morgan fingerprint density at radius 2 is 1.31 bits per heavy atom. The molecule has 20 heteroatoms. The molecule has 20 nitrogen and oxygen atoms in total. The highest BCUT2D eigenvalue weighted by Crippen LogP contribution is 2.32. The monoisotopic (exact) mass is 785 g/mol. The summed E-state index contributed by atoms with van der Waals surface area (Å²) in [6, 6.07) is -3.45. The Balaban J connectivity index is 0.000000610. The van der Waals surface area contributed by atoms with Crippen LogP contribution in [0.25, 0.3) is 0 Å². The maximum absolute atomic E-state index is 12.6. The van der Waals surface area contributed by atoms with E-state index >= 15 is 0 Å². The van der Waals surface area contributed by atoms with Crippen LogP contribution in [-0.4, -0.2) is 175 Å². The summed E-state index contributed by atoms with van der Waals surface area (Å²) in [7, 11) is 0. The van der Waals surface area contributed by atoms with E-state index < -0.39 is 116 Å². The number of aliphatic hydroxyl groups is 8. The average Bonchev–Trinajstić information content (AvgIpc) is 3.14. The van der Waals surface area contributed by atoms with Crippen molar-refractivity contribution in [1.29, 1.82) is 0 Å². The first kappa shape index (κ1) is 48.4. The molecule has 16 atom stereocenters. The summed E-state index contributed by atoms with van der Waals surface area (Å²) >= 11 is 0. The van der Waals surface area contributed by atoms with Crippen molar-refractivity contribution in [2.24, 2.45) is 22.9 Å². The van der Waals surface area contributed by atoms with Gasteiger partial charge in [-0.1, -0.05) is 58.3 Å². The number of amides is 1. The molecule has 0 aromatic carbocycles. The third-order valence-electron chi connectivity index (χ3n) is 10.0. The van der Waals surface area contributed by atoms with Gasteiger partial charge in [0.15, 0.2) is 12.6 Å². The molecule has 1 saturated carbocycles. The number of carbonyl (C=O) groups is 2. The largest absolute Gasteiger partial charge is 0.481 e. The van der Waals surface area contributed by atoms with E-state index in [4.69, 9.17) is 47.0 Å². The summed E-state index contributed by atoms with van der Waals surface area (Å²) in [6.45, 7) is 1.33. The molecule has 3 aliphatic rings. The van der Waals surface area contributed by atoms with Crippen molar-refractivity contribution in [3.63, 3.8) is 0 Å². The van der Waals surface area contributed by atoms with Crippen molar-refractivity contribution < 1.29 is 74.5 Å². The quantitative estimate of drug-likeness (QED) is 0.0518. The fraction of sp³-hybridized carbons (Fsp3) is 0.941. The number of unbranched alkanes of at least 4 members (excludes halogenated alkanes) is 8. The van der Waals surface area contributed by atoms with E-state index in [-0.39, 0.29) is 25.9 Å². The second kappa shape index (κ2) is 24.8. The van der Waals surface area contributed by atoms with E-state index in [2.05, 4.69) is 12.2 Å². The van der Waals surface area contributed by atoms with E-state index in [1.807, 2.05) is 0 Å². The van der Waals surface area contributed by atoms with Gasteiger partial charge in [-0.25, -0.2) is 0 Å².